The number of amides is 1. The maximum Gasteiger partial charge on any atom is 0.226 e. The van der Waals surface area contributed by atoms with Crippen molar-refractivity contribution in [3.05, 3.63) is 0 Å². The molecule has 2 rings (SSSR count). The lowest BCUT2D eigenvalue weighted by molar-refractivity contribution is -0.123. The molecule has 3 nitrogen and oxygen atoms in total. The highest BCUT2D eigenvalue weighted by atomic mass is 35.5. The topological polar surface area (TPSA) is 49.3 Å². The Bertz CT molecular complexity index is 279. The molecule has 15 heavy (non-hydrogen) atoms. The van der Waals surface area contributed by atoms with Gasteiger partial charge in [-0.15, -0.1) is 23.2 Å². The lowest BCUT2D eigenvalue weighted by Gasteiger charge is -2.21. The van der Waals surface area contributed by atoms with Crippen LogP contribution >= 0.6 is 35.0 Å². The molecule has 0 radical (unpaired) electrons. The molecule has 2 fully saturated rings. The van der Waals surface area contributed by atoms with Gasteiger partial charge in [0.1, 0.15) is 4.33 Å². The average molecular weight is 270 g/mol. The third-order valence-corrected chi connectivity index (χ3v) is 4.89. The summed E-state index contributed by atoms with van der Waals surface area (Å²) in [6, 6.07) is 0. The van der Waals surface area contributed by atoms with Gasteiger partial charge in [0.2, 0.25) is 5.91 Å². The van der Waals surface area contributed by atoms with Crippen LogP contribution in [0.25, 0.3) is 0 Å². The standard InChI is InChI=1S/C9H13Cl2NO2S/c10-9(11)3-6(9)7(13)12-4-8(14)1-2-15-5-8/h6,14H,1-5H2,(H,12,13)/t6-,8-/m1/s1. The van der Waals surface area contributed by atoms with Gasteiger partial charge in [-0.2, -0.15) is 11.8 Å². The average Bonchev–Trinajstić information content (AvgIpc) is 2.60. The summed E-state index contributed by atoms with van der Waals surface area (Å²) >= 11 is 13.2. The molecule has 1 aliphatic carbocycles. The number of halogens is 2. The Morgan fingerprint density at radius 3 is 2.73 bits per heavy atom. The first kappa shape index (κ1) is 11.8. The molecule has 0 spiro atoms. The minimum atomic E-state index is -0.878. The fourth-order valence-corrected chi connectivity index (χ4v) is 3.41. The zero-order valence-electron chi connectivity index (χ0n) is 8.13. The molecule has 0 aromatic carbocycles. The summed E-state index contributed by atoms with van der Waals surface area (Å²) in [7, 11) is 0. The number of aliphatic hydroxyl groups is 1. The smallest absolute Gasteiger partial charge is 0.226 e. The molecule has 2 N–H and O–H groups in total. The van der Waals surface area contributed by atoms with E-state index in [4.69, 9.17) is 23.2 Å². The number of alkyl halides is 2. The molecular weight excluding hydrogens is 257 g/mol. The molecular formula is C9H13Cl2NO2S. The van der Waals surface area contributed by atoms with E-state index in [1.165, 1.54) is 0 Å². The van der Waals surface area contributed by atoms with E-state index in [1.807, 2.05) is 0 Å². The second-order valence-electron chi connectivity index (χ2n) is 4.26. The van der Waals surface area contributed by atoms with Crippen molar-refractivity contribution in [1.29, 1.82) is 0 Å². The second kappa shape index (κ2) is 3.99. The molecule has 1 aliphatic heterocycles. The lowest BCUT2D eigenvalue weighted by atomic mass is 10.0. The number of rotatable bonds is 3. The number of hydrogen-bond donors (Lipinski definition) is 2. The van der Waals surface area contributed by atoms with Crippen molar-refractivity contribution in [2.75, 3.05) is 18.1 Å². The van der Waals surface area contributed by atoms with E-state index in [2.05, 4.69) is 5.32 Å². The normalized spacial score (nSPS) is 37.7. The minimum Gasteiger partial charge on any atom is -0.387 e. The molecule has 1 saturated carbocycles. The lowest BCUT2D eigenvalue weighted by Crippen LogP contribution is -2.43. The van der Waals surface area contributed by atoms with Gasteiger partial charge in [0, 0.05) is 12.3 Å². The van der Waals surface area contributed by atoms with E-state index in [1.54, 1.807) is 11.8 Å². The van der Waals surface area contributed by atoms with Crippen molar-refractivity contribution in [1.82, 2.24) is 5.32 Å². The summed E-state index contributed by atoms with van der Waals surface area (Å²) in [5, 5.41) is 12.7. The largest absolute Gasteiger partial charge is 0.387 e. The molecule has 1 heterocycles. The van der Waals surface area contributed by atoms with E-state index in [0.717, 1.165) is 12.2 Å². The fraction of sp³-hybridized carbons (Fsp3) is 0.889. The molecule has 2 aliphatic rings. The molecule has 2 atom stereocenters. The predicted molar refractivity (Wildman–Crippen MR) is 62.4 cm³/mol. The molecule has 1 saturated heterocycles. The van der Waals surface area contributed by atoms with Crippen LogP contribution < -0.4 is 5.32 Å². The highest BCUT2D eigenvalue weighted by Gasteiger charge is 2.56. The van der Waals surface area contributed by atoms with Gasteiger partial charge in [-0.3, -0.25) is 4.79 Å². The summed E-state index contributed by atoms with van der Waals surface area (Å²) in [5.41, 5.74) is -0.740. The van der Waals surface area contributed by atoms with Gasteiger partial charge < -0.3 is 10.4 Å². The Morgan fingerprint density at radius 2 is 2.27 bits per heavy atom. The van der Waals surface area contributed by atoms with Crippen LogP contribution in [-0.2, 0) is 4.79 Å². The fourth-order valence-electron chi connectivity index (χ4n) is 1.61. The maximum absolute atomic E-state index is 11.5. The van der Waals surface area contributed by atoms with Crippen LogP contribution in [0.3, 0.4) is 0 Å². The summed E-state index contributed by atoms with van der Waals surface area (Å²) in [6.07, 6.45) is 1.24. The van der Waals surface area contributed by atoms with Gasteiger partial charge in [-0.05, 0) is 18.6 Å². The van der Waals surface area contributed by atoms with E-state index < -0.39 is 9.93 Å². The van der Waals surface area contributed by atoms with Crippen LogP contribution in [0.4, 0.5) is 0 Å². The summed E-state index contributed by atoms with van der Waals surface area (Å²) in [4.78, 5) is 11.5. The number of carbonyl (C=O) groups excluding carboxylic acids is 1. The van der Waals surface area contributed by atoms with Crippen molar-refractivity contribution in [3.63, 3.8) is 0 Å². The van der Waals surface area contributed by atoms with Crippen LogP contribution in [0.2, 0.25) is 0 Å². The third-order valence-electron chi connectivity index (χ3n) is 2.82. The Hall–Kier alpha value is 0.360. The van der Waals surface area contributed by atoms with Crippen LogP contribution in [0, 0.1) is 5.92 Å². The Labute approximate surface area is 103 Å². The van der Waals surface area contributed by atoms with Crippen LogP contribution in [0.15, 0.2) is 0 Å². The quantitative estimate of drug-likeness (QED) is 0.757. The van der Waals surface area contributed by atoms with Gasteiger partial charge >= 0.3 is 0 Å². The summed E-state index contributed by atoms with van der Waals surface area (Å²) < 4.78 is -0.878. The molecule has 0 aromatic rings. The van der Waals surface area contributed by atoms with Crippen LogP contribution in [-0.4, -0.2) is 39.0 Å². The van der Waals surface area contributed by atoms with Gasteiger partial charge in [-0.25, -0.2) is 0 Å². The van der Waals surface area contributed by atoms with Crippen molar-refractivity contribution in [3.8, 4) is 0 Å². The molecule has 1 amide bonds. The van der Waals surface area contributed by atoms with Gasteiger partial charge in [0.15, 0.2) is 0 Å². The van der Waals surface area contributed by atoms with Crippen LogP contribution in [0.5, 0.6) is 0 Å². The molecule has 6 heteroatoms. The third kappa shape index (κ3) is 2.73. The van der Waals surface area contributed by atoms with Gasteiger partial charge in [0.05, 0.1) is 11.5 Å². The second-order valence-corrected chi connectivity index (χ2v) is 6.91. The SMILES string of the molecule is O=C(NC[C@]1(O)CCSC1)[C@H]1CC1(Cl)Cl. The summed E-state index contributed by atoms with van der Waals surface area (Å²) in [6.45, 7) is 0.305. The van der Waals surface area contributed by atoms with Crippen molar-refractivity contribution in [2.24, 2.45) is 5.92 Å². The molecule has 0 unspecified atom stereocenters. The highest BCUT2D eigenvalue weighted by Crippen LogP contribution is 2.53. The van der Waals surface area contributed by atoms with Crippen molar-refractivity contribution < 1.29 is 9.90 Å². The Morgan fingerprint density at radius 1 is 1.60 bits per heavy atom. The zero-order chi connectivity index (χ0) is 11.1. The minimum absolute atomic E-state index is 0.148. The number of thioether (sulfide) groups is 1. The zero-order valence-corrected chi connectivity index (χ0v) is 10.5. The van der Waals surface area contributed by atoms with Crippen molar-refractivity contribution >= 4 is 40.9 Å². The Kier molecular flexibility index (Phi) is 3.14. The first-order valence-electron chi connectivity index (χ1n) is 4.89. The molecule has 0 bridgehead atoms. The Balaban J connectivity index is 1.76. The molecule has 86 valence electrons. The van der Waals surface area contributed by atoms with E-state index >= 15 is 0 Å². The van der Waals surface area contributed by atoms with Gasteiger partial charge in [-0.1, -0.05) is 0 Å². The van der Waals surface area contributed by atoms with E-state index in [-0.39, 0.29) is 11.8 Å². The highest BCUT2D eigenvalue weighted by molar-refractivity contribution is 7.99. The maximum atomic E-state index is 11.5. The number of carbonyl (C=O) groups is 1. The van der Waals surface area contributed by atoms with E-state index in [9.17, 15) is 9.90 Å². The monoisotopic (exact) mass is 269 g/mol. The number of hydrogen-bond acceptors (Lipinski definition) is 3. The molecule has 0 aromatic heterocycles. The van der Waals surface area contributed by atoms with Crippen LogP contribution in [0.1, 0.15) is 12.8 Å². The predicted octanol–water partition coefficient (Wildman–Crippen LogP) is 1.16. The number of nitrogens with one attached hydrogen (secondary N) is 1. The summed E-state index contributed by atoms with van der Waals surface area (Å²) in [5.74, 6) is 1.18. The first-order chi connectivity index (χ1) is 6.93. The van der Waals surface area contributed by atoms with Gasteiger partial charge in [0.25, 0.3) is 0 Å². The van der Waals surface area contributed by atoms with Crippen molar-refractivity contribution in [2.45, 2.75) is 22.8 Å². The first-order valence-corrected chi connectivity index (χ1v) is 6.80. The van der Waals surface area contributed by atoms with E-state index in [0.29, 0.717) is 18.7 Å².